The van der Waals surface area contributed by atoms with Crippen molar-refractivity contribution >= 4 is 21.6 Å². The van der Waals surface area contributed by atoms with E-state index in [9.17, 15) is 0 Å². The minimum atomic E-state index is 0.429. The van der Waals surface area contributed by atoms with Crippen LogP contribution in [0.2, 0.25) is 0 Å². The second-order valence-corrected chi connectivity index (χ2v) is 3.95. The van der Waals surface area contributed by atoms with Crippen LogP contribution in [0.4, 0.5) is 5.69 Å². The Morgan fingerprint density at radius 1 is 1.33 bits per heavy atom. The van der Waals surface area contributed by atoms with E-state index in [0.717, 1.165) is 15.9 Å². The number of hydrogen-bond donors (Lipinski definition) is 1. The second-order valence-electron chi connectivity index (χ2n) is 3.04. The van der Waals surface area contributed by atoms with Crippen molar-refractivity contribution < 1.29 is 4.74 Å². The van der Waals surface area contributed by atoms with Crippen LogP contribution < -0.4 is 10.5 Å². The Morgan fingerprint density at radius 2 is 2.08 bits per heavy atom. The Hall–Kier alpha value is -0.700. The summed E-state index contributed by atoms with van der Waals surface area (Å²) >= 11 is 3.36. The summed E-state index contributed by atoms with van der Waals surface area (Å²) in [5, 5.41) is 0. The Bertz CT molecular complexity index is 276. The van der Waals surface area contributed by atoms with Gasteiger partial charge in [0.05, 0.1) is 6.10 Å². The first-order valence-corrected chi connectivity index (χ1v) is 4.76. The monoisotopic (exact) mass is 227 g/mol. The third-order valence-electron chi connectivity index (χ3n) is 1.72. The molecule has 0 aromatic heterocycles. The fourth-order valence-electron chi connectivity index (χ4n) is 1.03. The smallest absolute Gasteiger partial charge is 0.122 e. The van der Waals surface area contributed by atoms with Crippen LogP contribution in [0.15, 0.2) is 22.7 Å². The van der Waals surface area contributed by atoms with Crippen molar-refractivity contribution in [3.05, 3.63) is 22.7 Å². The molecule has 1 aromatic carbocycles. The van der Waals surface area contributed by atoms with E-state index in [1.54, 1.807) is 0 Å². The van der Waals surface area contributed by atoms with Crippen LogP contribution >= 0.6 is 15.9 Å². The first-order valence-electron chi connectivity index (χ1n) is 3.97. The molecular weight excluding hydrogens is 218 g/mol. The van der Waals surface area contributed by atoms with E-state index in [1.807, 2.05) is 18.2 Å². The van der Waals surface area contributed by atoms with Crippen molar-refractivity contribution in [1.82, 2.24) is 0 Å². The lowest BCUT2D eigenvalue weighted by atomic mass is 10.3. The largest absolute Gasteiger partial charge is 0.490 e. The molecule has 1 saturated carbocycles. The molecule has 0 amide bonds. The van der Waals surface area contributed by atoms with Crippen LogP contribution in [0.1, 0.15) is 12.8 Å². The van der Waals surface area contributed by atoms with Crippen LogP contribution in [0.5, 0.6) is 5.75 Å². The molecule has 1 aliphatic rings. The number of benzene rings is 1. The van der Waals surface area contributed by atoms with E-state index in [4.69, 9.17) is 10.5 Å². The number of halogens is 1. The van der Waals surface area contributed by atoms with Gasteiger partial charge in [0, 0.05) is 16.2 Å². The van der Waals surface area contributed by atoms with Crippen molar-refractivity contribution in [2.75, 3.05) is 5.73 Å². The zero-order valence-corrected chi connectivity index (χ0v) is 8.17. The third-order valence-corrected chi connectivity index (χ3v) is 2.18. The topological polar surface area (TPSA) is 35.2 Å². The highest BCUT2D eigenvalue weighted by Crippen LogP contribution is 2.29. The normalized spacial score (nSPS) is 16.1. The number of anilines is 1. The molecule has 0 aliphatic heterocycles. The molecule has 0 heterocycles. The van der Waals surface area contributed by atoms with Gasteiger partial charge in [-0.2, -0.15) is 0 Å². The van der Waals surface area contributed by atoms with E-state index in [-0.39, 0.29) is 0 Å². The van der Waals surface area contributed by atoms with Crippen LogP contribution in [-0.4, -0.2) is 6.10 Å². The maximum absolute atomic E-state index is 5.65. The first-order chi connectivity index (χ1) is 5.74. The summed E-state index contributed by atoms with van der Waals surface area (Å²) in [6, 6.07) is 5.65. The number of hydrogen-bond acceptors (Lipinski definition) is 2. The molecule has 1 fully saturated rings. The standard InChI is InChI=1S/C9H10BrNO/c10-6-3-7(11)5-9(4-6)12-8-1-2-8/h3-5,8H,1-2,11H2. The van der Waals surface area contributed by atoms with Crippen molar-refractivity contribution in [2.24, 2.45) is 0 Å². The van der Waals surface area contributed by atoms with Gasteiger partial charge in [-0.3, -0.25) is 0 Å². The molecule has 0 bridgehead atoms. The van der Waals surface area contributed by atoms with Gasteiger partial charge in [0.25, 0.3) is 0 Å². The SMILES string of the molecule is Nc1cc(Br)cc(OC2CC2)c1. The van der Waals surface area contributed by atoms with Crippen LogP contribution in [-0.2, 0) is 0 Å². The van der Waals surface area contributed by atoms with Gasteiger partial charge >= 0.3 is 0 Å². The van der Waals surface area contributed by atoms with Crippen molar-refractivity contribution in [2.45, 2.75) is 18.9 Å². The number of rotatable bonds is 2. The lowest BCUT2D eigenvalue weighted by Crippen LogP contribution is -1.96. The maximum Gasteiger partial charge on any atom is 0.122 e. The quantitative estimate of drug-likeness (QED) is 0.789. The van der Waals surface area contributed by atoms with E-state index in [1.165, 1.54) is 12.8 Å². The molecule has 0 radical (unpaired) electrons. The molecule has 2 nitrogen and oxygen atoms in total. The van der Waals surface area contributed by atoms with Crippen molar-refractivity contribution in [3.63, 3.8) is 0 Å². The number of nitrogens with two attached hydrogens (primary N) is 1. The molecular formula is C9H10BrNO. The Kier molecular flexibility index (Phi) is 1.97. The fourth-order valence-corrected chi connectivity index (χ4v) is 1.52. The zero-order chi connectivity index (χ0) is 8.55. The number of nitrogen functional groups attached to an aromatic ring is 1. The molecule has 1 aromatic rings. The van der Waals surface area contributed by atoms with Gasteiger partial charge in [-0.25, -0.2) is 0 Å². The summed E-state index contributed by atoms with van der Waals surface area (Å²) in [5.74, 6) is 0.865. The van der Waals surface area contributed by atoms with Gasteiger partial charge < -0.3 is 10.5 Å². The van der Waals surface area contributed by atoms with E-state index in [0.29, 0.717) is 6.10 Å². The highest BCUT2D eigenvalue weighted by Gasteiger charge is 2.23. The molecule has 0 atom stereocenters. The predicted octanol–water partition coefficient (Wildman–Crippen LogP) is 2.57. The Morgan fingerprint density at radius 3 is 2.67 bits per heavy atom. The summed E-state index contributed by atoms with van der Waals surface area (Å²) < 4.78 is 6.55. The highest BCUT2D eigenvalue weighted by atomic mass is 79.9. The summed E-state index contributed by atoms with van der Waals surface area (Å²) in [6.07, 6.45) is 2.78. The third kappa shape index (κ3) is 1.91. The van der Waals surface area contributed by atoms with Gasteiger partial charge in [-0.05, 0) is 25.0 Å². The van der Waals surface area contributed by atoms with Crippen LogP contribution in [0, 0.1) is 0 Å². The molecule has 64 valence electrons. The minimum absolute atomic E-state index is 0.429. The van der Waals surface area contributed by atoms with Crippen LogP contribution in [0.3, 0.4) is 0 Å². The van der Waals surface area contributed by atoms with E-state index >= 15 is 0 Å². The first kappa shape index (κ1) is 7.92. The van der Waals surface area contributed by atoms with Gasteiger partial charge in [-0.15, -0.1) is 0 Å². The summed E-state index contributed by atoms with van der Waals surface area (Å²) in [6.45, 7) is 0. The molecule has 2 N–H and O–H groups in total. The molecule has 0 saturated heterocycles. The second kappa shape index (κ2) is 2.98. The minimum Gasteiger partial charge on any atom is -0.490 e. The van der Waals surface area contributed by atoms with Gasteiger partial charge in [-0.1, -0.05) is 15.9 Å². The Labute approximate surface area is 79.8 Å². The van der Waals surface area contributed by atoms with Crippen LogP contribution in [0.25, 0.3) is 0 Å². The van der Waals surface area contributed by atoms with Gasteiger partial charge in [0.2, 0.25) is 0 Å². The average molecular weight is 228 g/mol. The summed E-state index contributed by atoms with van der Waals surface area (Å²) in [7, 11) is 0. The Balaban J connectivity index is 2.18. The lowest BCUT2D eigenvalue weighted by molar-refractivity contribution is 0.303. The maximum atomic E-state index is 5.65. The molecule has 0 spiro atoms. The van der Waals surface area contributed by atoms with E-state index < -0.39 is 0 Å². The predicted molar refractivity (Wildman–Crippen MR) is 52.2 cm³/mol. The zero-order valence-electron chi connectivity index (χ0n) is 6.59. The van der Waals surface area contributed by atoms with E-state index in [2.05, 4.69) is 15.9 Å². The summed E-state index contributed by atoms with van der Waals surface area (Å²) in [4.78, 5) is 0. The molecule has 2 rings (SSSR count). The lowest BCUT2D eigenvalue weighted by Gasteiger charge is -2.05. The highest BCUT2D eigenvalue weighted by molar-refractivity contribution is 9.10. The van der Waals surface area contributed by atoms with Crippen molar-refractivity contribution in [3.8, 4) is 5.75 Å². The number of ether oxygens (including phenoxy) is 1. The molecule has 0 unspecified atom stereocenters. The average Bonchev–Trinajstić information content (AvgIpc) is 2.68. The molecule has 3 heteroatoms. The molecule has 12 heavy (non-hydrogen) atoms. The fraction of sp³-hybridized carbons (Fsp3) is 0.333. The van der Waals surface area contributed by atoms with Gasteiger partial charge in [0.1, 0.15) is 5.75 Å². The molecule has 1 aliphatic carbocycles. The van der Waals surface area contributed by atoms with Gasteiger partial charge in [0.15, 0.2) is 0 Å². The van der Waals surface area contributed by atoms with Crippen molar-refractivity contribution in [1.29, 1.82) is 0 Å². The summed E-state index contributed by atoms with van der Waals surface area (Å²) in [5.41, 5.74) is 6.38.